The molecule has 0 aliphatic rings. The second-order valence-electron chi connectivity index (χ2n) is 2.20. The zero-order valence-corrected chi connectivity index (χ0v) is 6.94. The molecule has 1 atom stereocenters. The van der Waals surface area contributed by atoms with E-state index in [1.807, 2.05) is 0 Å². The van der Waals surface area contributed by atoms with Gasteiger partial charge in [0.2, 0.25) is 0 Å². The van der Waals surface area contributed by atoms with Crippen LogP contribution in [0.15, 0.2) is 22.9 Å². The lowest BCUT2D eigenvalue weighted by Gasteiger charge is -2.07. The average Bonchev–Trinajstić information content (AvgIpc) is 1.84. The first-order valence-electron chi connectivity index (χ1n) is 2.96. The molecule has 58 valence electrons. The number of aliphatic hydroxyl groups is 1. The first-order chi connectivity index (χ1) is 4.46. The molecule has 0 heterocycles. The summed E-state index contributed by atoms with van der Waals surface area (Å²) in [5.41, 5.74) is 6.22. The van der Waals surface area contributed by atoms with E-state index in [4.69, 9.17) is 22.4 Å². The molecule has 0 radical (unpaired) electrons. The third kappa shape index (κ3) is 2.42. The number of nitrogens with two attached hydrogens (primary N) is 1. The molecule has 2 nitrogen and oxygen atoms in total. The number of rotatable bonds is 2. The van der Waals surface area contributed by atoms with Crippen LogP contribution in [-0.4, -0.2) is 11.2 Å². The Hall–Kier alpha value is -0.470. The third-order valence-electron chi connectivity index (χ3n) is 1.25. The molecule has 0 fully saturated rings. The van der Waals surface area contributed by atoms with Crippen molar-refractivity contribution in [3.63, 3.8) is 0 Å². The van der Waals surface area contributed by atoms with Crippen LogP contribution in [0, 0.1) is 0 Å². The SMILES string of the molecule is C=C(N)/C(Cl)=C(/C)C(C)O. The molecule has 0 aliphatic carbocycles. The smallest absolute Gasteiger partial charge is 0.0737 e. The molecule has 0 aliphatic heterocycles. The van der Waals surface area contributed by atoms with Gasteiger partial charge in [0.1, 0.15) is 0 Å². The largest absolute Gasteiger partial charge is 0.398 e. The van der Waals surface area contributed by atoms with Gasteiger partial charge in [0.15, 0.2) is 0 Å². The minimum atomic E-state index is -0.562. The second-order valence-corrected chi connectivity index (χ2v) is 2.58. The third-order valence-corrected chi connectivity index (χ3v) is 1.80. The van der Waals surface area contributed by atoms with Crippen molar-refractivity contribution in [2.75, 3.05) is 0 Å². The number of allylic oxidation sites excluding steroid dienone is 1. The standard InChI is InChI=1S/C7H12ClNO/c1-4(6(3)10)7(8)5(2)9/h6,10H,2,9H2,1,3H3/b7-4+. The van der Waals surface area contributed by atoms with Crippen LogP contribution in [0.1, 0.15) is 13.8 Å². The van der Waals surface area contributed by atoms with Crippen molar-refractivity contribution in [3.05, 3.63) is 22.9 Å². The van der Waals surface area contributed by atoms with Crippen LogP contribution < -0.4 is 5.73 Å². The van der Waals surface area contributed by atoms with Gasteiger partial charge in [-0.25, -0.2) is 0 Å². The first kappa shape index (κ1) is 9.53. The van der Waals surface area contributed by atoms with Crippen molar-refractivity contribution in [2.45, 2.75) is 20.0 Å². The highest BCUT2D eigenvalue weighted by molar-refractivity contribution is 6.32. The molecular formula is C7H12ClNO. The van der Waals surface area contributed by atoms with Crippen LogP contribution in [0.4, 0.5) is 0 Å². The lowest BCUT2D eigenvalue weighted by molar-refractivity contribution is 0.231. The van der Waals surface area contributed by atoms with E-state index in [9.17, 15) is 0 Å². The molecule has 0 aromatic carbocycles. The Bertz CT molecular complexity index is 172. The fourth-order valence-electron chi connectivity index (χ4n) is 0.437. The van der Waals surface area contributed by atoms with Crippen LogP contribution in [0.3, 0.4) is 0 Å². The Morgan fingerprint density at radius 1 is 1.70 bits per heavy atom. The van der Waals surface area contributed by atoms with Crippen molar-refractivity contribution < 1.29 is 5.11 Å². The van der Waals surface area contributed by atoms with Gasteiger partial charge in [-0.05, 0) is 19.4 Å². The summed E-state index contributed by atoms with van der Waals surface area (Å²) in [5, 5.41) is 9.36. The van der Waals surface area contributed by atoms with E-state index in [1.165, 1.54) is 0 Å². The lowest BCUT2D eigenvalue weighted by atomic mass is 10.1. The Kier molecular flexibility index (Phi) is 3.47. The highest BCUT2D eigenvalue weighted by Gasteiger charge is 2.05. The van der Waals surface area contributed by atoms with Gasteiger partial charge in [0.05, 0.1) is 11.1 Å². The van der Waals surface area contributed by atoms with Gasteiger partial charge in [-0.1, -0.05) is 18.2 Å². The van der Waals surface area contributed by atoms with Crippen molar-refractivity contribution in [1.82, 2.24) is 0 Å². The van der Waals surface area contributed by atoms with Crippen molar-refractivity contribution in [2.24, 2.45) is 5.73 Å². The van der Waals surface area contributed by atoms with Gasteiger partial charge < -0.3 is 10.8 Å². The maximum atomic E-state index is 9.00. The molecule has 0 rings (SSSR count). The molecule has 0 spiro atoms. The predicted octanol–water partition coefficient (Wildman–Crippen LogP) is 1.35. The van der Waals surface area contributed by atoms with E-state index in [-0.39, 0.29) is 0 Å². The van der Waals surface area contributed by atoms with Crippen LogP contribution in [0.25, 0.3) is 0 Å². The Balaban J connectivity index is 4.50. The molecule has 0 saturated carbocycles. The molecule has 0 saturated heterocycles. The van der Waals surface area contributed by atoms with Crippen molar-refractivity contribution in [3.8, 4) is 0 Å². The molecular weight excluding hydrogens is 150 g/mol. The van der Waals surface area contributed by atoms with E-state index >= 15 is 0 Å². The summed E-state index contributed by atoms with van der Waals surface area (Å²) in [6, 6.07) is 0. The number of halogens is 1. The highest BCUT2D eigenvalue weighted by atomic mass is 35.5. The molecule has 0 amide bonds. The van der Waals surface area contributed by atoms with Gasteiger partial charge in [-0.2, -0.15) is 0 Å². The summed E-state index contributed by atoms with van der Waals surface area (Å²) in [7, 11) is 0. The predicted molar refractivity (Wildman–Crippen MR) is 43.6 cm³/mol. The van der Waals surface area contributed by atoms with Crippen LogP contribution in [0.5, 0.6) is 0 Å². The molecule has 10 heavy (non-hydrogen) atoms. The lowest BCUT2D eigenvalue weighted by Crippen LogP contribution is -2.06. The molecule has 0 bridgehead atoms. The molecule has 1 unspecified atom stereocenters. The van der Waals surface area contributed by atoms with Crippen LogP contribution >= 0.6 is 11.6 Å². The Morgan fingerprint density at radius 2 is 2.10 bits per heavy atom. The van der Waals surface area contributed by atoms with Gasteiger partial charge in [0.25, 0.3) is 0 Å². The van der Waals surface area contributed by atoms with E-state index in [2.05, 4.69) is 6.58 Å². The number of aliphatic hydroxyl groups excluding tert-OH is 1. The van der Waals surface area contributed by atoms with E-state index in [0.717, 1.165) is 0 Å². The fraction of sp³-hybridized carbons (Fsp3) is 0.429. The summed E-state index contributed by atoms with van der Waals surface area (Å²) in [5.74, 6) is 0. The van der Waals surface area contributed by atoms with Crippen molar-refractivity contribution >= 4 is 11.6 Å². The second kappa shape index (κ2) is 3.64. The van der Waals surface area contributed by atoms with E-state index < -0.39 is 6.10 Å². The average molecular weight is 162 g/mol. The minimum Gasteiger partial charge on any atom is -0.398 e. The van der Waals surface area contributed by atoms with Gasteiger partial charge in [0, 0.05) is 5.70 Å². The number of hydrogen-bond acceptors (Lipinski definition) is 2. The molecule has 0 aromatic heterocycles. The van der Waals surface area contributed by atoms with Crippen LogP contribution in [-0.2, 0) is 0 Å². The zero-order valence-electron chi connectivity index (χ0n) is 6.19. The maximum Gasteiger partial charge on any atom is 0.0737 e. The highest BCUT2D eigenvalue weighted by Crippen LogP contribution is 2.16. The minimum absolute atomic E-state index is 0.292. The first-order valence-corrected chi connectivity index (χ1v) is 3.33. The van der Waals surface area contributed by atoms with Crippen LogP contribution in [0.2, 0.25) is 0 Å². The summed E-state index contributed by atoms with van der Waals surface area (Å²) in [6.07, 6.45) is -0.562. The molecule has 0 aromatic rings. The summed E-state index contributed by atoms with van der Waals surface area (Å²) in [6.45, 7) is 6.77. The van der Waals surface area contributed by atoms with Gasteiger partial charge >= 0.3 is 0 Å². The zero-order chi connectivity index (χ0) is 8.31. The summed E-state index contributed by atoms with van der Waals surface area (Å²) < 4.78 is 0. The van der Waals surface area contributed by atoms with Gasteiger partial charge in [-0.3, -0.25) is 0 Å². The number of hydrogen-bond donors (Lipinski definition) is 2. The quantitative estimate of drug-likeness (QED) is 0.601. The Labute approximate surface area is 66.0 Å². The maximum absolute atomic E-state index is 9.00. The van der Waals surface area contributed by atoms with E-state index in [1.54, 1.807) is 13.8 Å². The monoisotopic (exact) mass is 161 g/mol. The summed E-state index contributed by atoms with van der Waals surface area (Å²) >= 11 is 5.66. The fourth-order valence-corrected chi connectivity index (χ4v) is 0.595. The normalized spacial score (nSPS) is 16.0. The Morgan fingerprint density at radius 3 is 2.20 bits per heavy atom. The molecule has 3 heteroatoms. The van der Waals surface area contributed by atoms with Crippen molar-refractivity contribution in [1.29, 1.82) is 0 Å². The topological polar surface area (TPSA) is 46.2 Å². The molecule has 3 N–H and O–H groups in total. The van der Waals surface area contributed by atoms with Gasteiger partial charge in [-0.15, -0.1) is 0 Å². The summed E-state index contributed by atoms with van der Waals surface area (Å²) in [4.78, 5) is 0. The van der Waals surface area contributed by atoms with E-state index in [0.29, 0.717) is 16.3 Å².